The van der Waals surface area contributed by atoms with Crippen molar-refractivity contribution in [2.75, 3.05) is 0 Å². The molecule has 0 aliphatic carbocycles. The Morgan fingerprint density at radius 2 is 1.03 bits per heavy atom. The lowest BCUT2D eigenvalue weighted by molar-refractivity contribution is 0.451. The van der Waals surface area contributed by atoms with Gasteiger partial charge in [-0.05, 0) is 55.3 Å². The number of hydrogen-bond donors (Lipinski definition) is 4. The maximum atomic E-state index is 10.3. The average Bonchev–Trinajstić information content (AvgIpc) is 2.69. The normalized spacial score (nSPS) is 10.9. The van der Waals surface area contributed by atoms with Crippen LogP contribution in [0.5, 0.6) is 23.0 Å². The molecule has 4 rings (SSSR count). The van der Waals surface area contributed by atoms with Crippen molar-refractivity contribution in [3.05, 3.63) is 65.7 Å². The van der Waals surface area contributed by atoms with E-state index in [0.717, 1.165) is 16.7 Å². The van der Waals surface area contributed by atoms with E-state index in [1.165, 1.54) is 36.4 Å². The lowest BCUT2D eigenvalue weighted by atomic mass is 10.1. The van der Waals surface area contributed by atoms with Gasteiger partial charge in [-0.25, -0.2) is 15.0 Å². The van der Waals surface area contributed by atoms with E-state index in [0.29, 0.717) is 17.0 Å². The van der Waals surface area contributed by atoms with Crippen LogP contribution in [0, 0.1) is 13.8 Å². The zero-order valence-electron chi connectivity index (χ0n) is 16.3. The van der Waals surface area contributed by atoms with E-state index < -0.39 is 0 Å². The van der Waals surface area contributed by atoms with Gasteiger partial charge < -0.3 is 20.4 Å². The molecule has 150 valence electrons. The number of phenols is 4. The van der Waals surface area contributed by atoms with Gasteiger partial charge in [-0.15, -0.1) is 0 Å². The molecule has 7 heteroatoms. The van der Waals surface area contributed by atoms with Crippen LogP contribution < -0.4 is 0 Å². The number of benzene rings is 3. The summed E-state index contributed by atoms with van der Waals surface area (Å²) in [6.07, 6.45) is 0. The van der Waals surface area contributed by atoms with Gasteiger partial charge in [0.15, 0.2) is 17.5 Å². The number of aromatic hydroxyl groups is 4. The predicted octanol–water partition coefficient (Wildman–Crippen LogP) is 4.31. The summed E-state index contributed by atoms with van der Waals surface area (Å²) in [7, 11) is 0. The van der Waals surface area contributed by atoms with Crippen molar-refractivity contribution in [2.24, 2.45) is 0 Å². The SMILES string of the molecule is Cc1ccc(-c2nc(-c3ccc(O)cc3O)nc(-c3ccc(O)cc3O)n2)cc1C. The van der Waals surface area contributed by atoms with E-state index in [1.807, 2.05) is 32.0 Å². The number of phenolic OH excluding ortho intramolecular Hbond substituents is 4. The monoisotopic (exact) mass is 401 g/mol. The predicted molar refractivity (Wildman–Crippen MR) is 112 cm³/mol. The zero-order valence-corrected chi connectivity index (χ0v) is 16.3. The number of nitrogens with zero attached hydrogens (tertiary/aromatic N) is 3. The average molecular weight is 401 g/mol. The Labute approximate surface area is 172 Å². The topological polar surface area (TPSA) is 120 Å². The maximum Gasteiger partial charge on any atom is 0.167 e. The Bertz CT molecular complexity index is 1200. The van der Waals surface area contributed by atoms with E-state index in [2.05, 4.69) is 15.0 Å². The minimum absolute atomic E-state index is 0.0870. The van der Waals surface area contributed by atoms with Crippen molar-refractivity contribution in [1.29, 1.82) is 0 Å². The Morgan fingerprint density at radius 3 is 1.50 bits per heavy atom. The smallest absolute Gasteiger partial charge is 0.167 e. The molecule has 30 heavy (non-hydrogen) atoms. The summed E-state index contributed by atoms with van der Waals surface area (Å²) < 4.78 is 0. The number of rotatable bonds is 3. The second kappa shape index (κ2) is 7.36. The molecule has 7 nitrogen and oxygen atoms in total. The summed E-state index contributed by atoms with van der Waals surface area (Å²) in [5, 5.41) is 39.8. The molecule has 0 radical (unpaired) electrons. The van der Waals surface area contributed by atoms with Gasteiger partial charge in [-0.2, -0.15) is 0 Å². The van der Waals surface area contributed by atoms with Crippen LogP contribution in [0.4, 0.5) is 0 Å². The van der Waals surface area contributed by atoms with Gasteiger partial charge in [0.25, 0.3) is 0 Å². The molecule has 1 heterocycles. The lowest BCUT2D eigenvalue weighted by Crippen LogP contribution is -2.01. The van der Waals surface area contributed by atoms with Crippen LogP contribution in [0.15, 0.2) is 54.6 Å². The molecule has 0 atom stereocenters. The highest BCUT2D eigenvalue weighted by Crippen LogP contribution is 2.35. The first-order valence-corrected chi connectivity index (χ1v) is 9.20. The Hall–Kier alpha value is -4.13. The third-order valence-electron chi connectivity index (χ3n) is 4.84. The van der Waals surface area contributed by atoms with Crippen molar-refractivity contribution in [1.82, 2.24) is 15.0 Å². The minimum Gasteiger partial charge on any atom is -0.508 e. The fourth-order valence-corrected chi connectivity index (χ4v) is 3.04. The summed E-state index contributed by atoms with van der Waals surface area (Å²) in [5.41, 5.74) is 3.55. The molecule has 0 unspecified atom stereocenters. The Morgan fingerprint density at radius 1 is 0.533 bits per heavy atom. The summed E-state index contributed by atoms with van der Waals surface area (Å²) in [4.78, 5) is 13.4. The maximum absolute atomic E-state index is 10.3. The zero-order chi connectivity index (χ0) is 21.4. The molecule has 0 saturated heterocycles. The molecule has 0 spiro atoms. The van der Waals surface area contributed by atoms with E-state index in [1.54, 1.807) is 0 Å². The van der Waals surface area contributed by atoms with E-state index in [-0.39, 0.29) is 34.6 Å². The first-order valence-electron chi connectivity index (χ1n) is 9.20. The fourth-order valence-electron chi connectivity index (χ4n) is 3.04. The van der Waals surface area contributed by atoms with Crippen molar-refractivity contribution < 1.29 is 20.4 Å². The third kappa shape index (κ3) is 3.60. The largest absolute Gasteiger partial charge is 0.508 e. The van der Waals surface area contributed by atoms with Gasteiger partial charge in [0, 0.05) is 17.7 Å². The van der Waals surface area contributed by atoms with Gasteiger partial charge in [0.2, 0.25) is 0 Å². The van der Waals surface area contributed by atoms with Gasteiger partial charge in [-0.3, -0.25) is 0 Å². The molecule has 0 saturated carbocycles. The first kappa shape index (κ1) is 19.2. The second-order valence-electron chi connectivity index (χ2n) is 7.01. The van der Waals surface area contributed by atoms with Crippen LogP contribution in [0.1, 0.15) is 11.1 Å². The molecular formula is C23H19N3O4. The Balaban J connectivity index is 1.97. The van der Waals surface area contributed by atoms with Gasteiger partial charge in [-0.1, -0.05) is 12.1 Å². The first-order chi connectivity index (χ1) is 14.3. The molecular weight excluding hydrogens is 382 g/mol. The standard InChI is InChI=1S/C23H19N3O4/c1-12-3-4-14(9-13(12)2)21-24-22(17-7-5-15(27)10-19(17)29)26-23(25-21)18-8-6-16(28)11-20(18)30/h3-11,27-30H,1-2H3. The number of aromatic nitrogens is 3. The van der Waals surface area contributed by atoms with Gasteiger partial charge in [0.1, 0.15) is 23.0 Å². The van der Waals surface area contributed by atoms with E-state index in [4.69, 9.17) is 0 Å². The molecule has 1 aromatic heterocycles. The molecule has 4 N–H and O–H groups in total. The molecule has 0 bridgehead atoms. The van der Waals surface area contributed by atoms with E-state index in [9.17, 15) is 20.4 Å². The number of hydrogen-bond acceptors (Lipinski definition) is 7. The van der Waals surface area contributed by atoms with Crippen LogP contribution in [0.2, 0.25) is 0 Å². The summed E-state index contributed by atoms with van der Waals surface area (Å²) in [5.74, 6) is 0.169. The molecule has 0 fully saturated rings. The van der Waals surface area contributed by atoms with Crippen molar-refractivity contribution in [3.63, 3.8) is 0 Å². The second-order valence-corrected chi connectivity index (χ2v) is 7.01. The highest BCUT2D eigenvalue weighted by molar-refractivity contribution is 5.72. The van der Waals surface area contributed by atoms with E-state index >= 15 is 0 Å². The minimum atomic E-state index is -0.187. The van der Waals surface area contributed by atoms with Gasteiger partial charge >= 0.3 is 0 Å². The van der Waals surface area contributed by atoms with Crippen LogP contribution in [-0.2, 0) is 0 Å². The van der Waals surface area contributed by atoms with Crippen LogP contribution >= 0.6 is 0 Å². The Kier molecular flexibility index (Phi) is 4.71. The summed E-state index contributed by atoms with van der Waals surface area (Å²) >= 11 is 0. The van der Waals surface area contributed by atoms with Crippen molar-refractivity contribution in [2.45, 2.75) is 13.8 Å². The molecule has 3 aromatic carbocycles. The molecule has 0 aliphatic heterocycles. The van der Waals surface area contributed by atoms with Crippen molar-refractivity contribution >= 4 is 0 Å². The lowest BCUT2D eigenvalue weighted by Gasteiger charge is -2.11. The molecule has 0 amide bonds. The van der Waals surface area contributed by atoms with Crippen LogP contribution in [-0.4, -0.2) is 35.4 Å². The van der Waals surface area contributed by atoms with Gasteiger partial charge in [0.05, 0.1) is 11.1 Å². The third-order valence-corrected chi connectivity index (χ3v) is 4.84. The van der Waals surface area contributed by atoms with Crippen molar-refractivity contribution in [3.8, 4) is 57.2 Å². The number of aryl methyl sites for hydroxylation is 2. The fraction of sp³-hybridized carbons (Fsp3) is 0.0870. The quantitative estimate of drug-likeness (QED) is 0.404. The highest BCUT2D eigenvalue weighted by Gasteiger charge is 2.17. The molecule has 4 aromatic rings. The molecule has 0 aliphatic rings. The summed E-state index contributed by atoms with van der Waals surface area (Å²) in [6, 6.07) is 14.1. The highest BCUT2D eigenvalue weighted by atomic mass is 16.3. The van der Waals surface area contributed by atoms with Crippen LogP contribution in [0.25, 0.3) is 34.2 Å². The van der Waals surface area contributed by atoms with Crippen LogP contribution in [0.3, 0.4) is 0 Å². The summed E-state index contributed by atoms with van der Waals surface area (Å²) in [6.45, 7) is 3.99.